The summed E-state index contributed by atoms with van der Waals surface area (Å²) in [4.78, 5) is 8.53. The summed E-state index contributed by atoms with van der Waals surface area (Å²) in [6, 6.07) is 9.59. The van der Waals surface area contributed by atoms with Gasteiger partial charge in [0.25, 0.3) is 0 Å². The summed E-state index contributed by atoms with van der Waals surface area (Å²) >= 11 is 3.47. The molecule has 0 atom stereocenters. The molecule has 0 saturated carbocycles. The first-order chi connectivity index (χ1) is 9.66. The normalized spacial score (nSPS) is 10.7. The molecule has 2 aromatic heterocycles. The summed E-state index contributed by atoms with van der Waals surface area (Å²) in [6.45, 7) is 1.92. The Hall–Kier alpha value is -2.14. The molecular weight excluding hydrogens is 318 g/mol. The molecule has 0 amide bonds. The smallest absolute Gasteiger partial charge is 0.234 e. The lowest BCUT2D eigenvalue weighted by Crippen LogP contribution is -1.96. The SMILES string of the molecule is Cc1c(N)cnc(Oc2cccc3ncccc23)c1Br. The lowest BCUT2D eigenvalue weighted by molar-refractivity contribution is 0.464. The van der Waals surface area contributed by atoms with E-state index in [4.69, 9.17) is 10.5 Å². The van der Waals surface area contributed by atoms with Crippen molar-refractivity contribution in [3.8, 4) is 11.6 Å². The molecule has 0 saturated heterocycles. The van der Waals surface area contributed by atoms with Gasteiger partial charge in [-0.25, -0.2) is 4.98 Å². The van der Waals surface area contributed by atoms with Gasteiger partial charge in [-0.1, -0.05) is 6.07 Å². The van der Waals surface area contributed by atoms with Crippen LogP contribution in [0, 0.1) is 6.92 Å². The number of halogens is 1. The summed E-state index contributed by atoms with van der Waals surface area (Å²) in [5.74, 6) is 1.21. The summed E-state index contributed by atoms with van der Waals surface area (Å²) in [5.41, 5.74) is 8.24. The van der Waals surface area contributed by atoms with Gasteiger partial charge in [0.1, 0.15) is 5.75 Å². The van der Waals surface area contributed by atoms with E-state index >= 15 is 0 Å². The van der Waals surface area contributed by atoms with Crippen LogP contribution >= 0.6 is 15.9 Å². The first kappa shape index (κ1) is 12.9. The highest BCUT2D eigenvalue weighted by Crippen LogP contribution is 2.34. The average molecular weight is 330 g/mol. The number of nitrogens with zero attached hydrogens (tertiary/aromatic N) is 2. The molecule has 1 aromatic carbocycles. The molecule has 3 aromatic rings. The molecule has 20 heavy (non-hydrogen) atoms. The predicted octanol–water partition coefficient (Wildman–Crippen LogP) is 4.08. The van der Waals surface area contributed by atoms with E-state index in [2.05, 4.69) is 25.9 Å². The lowest BCUT2D eigenvalue weighted by atomic mass is 10.2. The number of ether oxygens (including phenoxy) is 1. The second-order valence-corrected chi connectivity index (χ2v) is 5.18. The number of aromatic nitrogens is 2. The van der Waals surface area contributed by atoms with Gasteiger partial charge in [-0.05, 0) is 52.7 Å². The highest BCUT2D eigenvalue weighted by atomic mass is 79.9. The maximum Gasteiger partial charge on any atom is 0.234 e. The van der Waals surface area contributed by atoms with Crippen LogP contribution in [0.25, 0.3) is 10.9 Å². The number of benzene rings is 1. The molecule has 0 aliphatic heterocycles. The molecule has 2 heterocycles. The number of nitrogen functional groups attached to an aromatic ring is 1. The zero-order valence-corrected chi connectivity index (χ0v) is 12.4. The van der Waals surface area contributed by atoms with Crippen LogP contribution in [-0.2, 0) is 0 Å². The van der Waals surface area contributed by atoms with Crippen LogP contribution in [0.4, 0.5) is 5.69 Å². The van der Waals surface area contributed by atoms with Gasteiger partial charge in [0.15, 0.2) is 0 Å². The van der Waals surface area contributed by atoms with E-state index in [9.17, 15) is 0 Å². The van der Waals surface area contributed by atoms with Crippen molar-refractivity contribution in [2.45, 2.75) is 6.92 Å². The first-order valence-corrected chi connectivity index (χ1v) is 6.88. The van der Waals surface area contributed by atoms with Crippen molar-refractivity contribution in [2.24, 2.45) is 0 Å². The fourth-order valence-electron chi connectivity index (χ4n) is 1.91. The molecule has 3 rings (SSSR count). The third kappa shape index (κ3) is 2.20. The van der Waals surface area contributed by atoms with E-state index in [0.717, 1.165) is 20.9 Å². The summed E-state index contributed by atoms with van der Waals surface area (Å²) in [5, 5.41) is 0.943. The van der Waals surface area contributed by atoms with Gasteiger partial charge in [0.2, 0.25) is 5.88 Å². The Bertz CT molecular complexity index is 784. The minimum absolute atomic E-state index is 0.494. The zero-order valence-electron chi connectivity index (χ0n) is 10.8. The molecule has 0 aliphatic rings. The fraction of sp³-hybridized carbons (Fsp3) is 0.0667. The van der Waals surface area contributed by atoms with Gasteiger partial charge < -0.3 is 10.5 Å². The summed E-state index contributed by atoms with van der Waals surface area (Å²) in [7, 11) is 0. The van der Waals surface area contributed by atoms with E-state index < -0.39 is 0 Å². The summed E-state index contributed by atoms with van der Waals surface area (Å²) < 4.78 is 6.67. The van der Waals surface area contributed by atoms with Gasteiger partial charge in [-0.2, -0.15) is 0 Å². The Labute approximate surface area is 124 Å². The van der Waals surface area contributed by atoms with Crippen molar-refractivity contribution >= 4 is 32.5 Å². The van der Waals surface area contributed by atoms with E-state index in [1.807, 2.05) is 37.3 Å². The van der Waals surface area contributed by atoms with E-state index in [1.165, 1.54) is 0 Å². The van der Waals surface area contributed by atoms with Gasteiger partial charge in [0, 0.05) is 11.6 Å². The molecule has 0 unspecified atom stereocenters. The Kier molecular flexibility index (Phi) is 3.28. The minimum atomic E-state index is 0.494. The highest BCUT2D eigenvalue weighted by Gasteiger charge is 2.11. The Morgan fingerprint density at radius 2 is 2.00 bits per heavy atom. The van der Waals surface area contributed by atoms with Crippen LogP contribution in [0.1, 0.15) is 5.56 Å². The molecule has 100 valence electrons. The van der Waals surface area contributed by atoms with Crippen LogP contribution in [-0.4, -0.2) is 9.97 Å². The first-order valence-electron chi connectivity index (χ1n) is 6.09. The van der Waals surface area contributed by atoms with Gasteiger partial charge >= 0.3 is 0 Å². The second kappa shape index (κ2) is 5.09. The van der Waals surface area contributed by atoms with Crippen LogP contribution < -0.4 is 10.5 Å². The predicted molar refractivity (Wildman–Crippen MR) is 82.9 cm³/mol. The molecule has 0 radical (unpaired) electrons. The molecule has 0 fully saturated rings. The van der Waals surface area contributed by atoms with Crippen LogP contribution in [0.15, 0.2) is 47.2 Å². The maximum atomic E-state index is 5.90. The molecule has 2 N–H and O–H groups in total. The van der Waals surface area contributed by atoms with Crippen LogP contribution in [0.3, 0.4) is 0 Å². The van der Waals surface area contributed by atoms with E-state index in [-0.39, 0.29) is 0 Å². The maximum absolute atomic E-state index is 5.90. The van der Waals surface area contributed by atoms with Gasteiger partial charge in [-0.3, -0.25) is 4.98 Å². The quantitative estimate of drug-likeness (QED) is 0.769. The van der Waals surface area contributed by atoms with Crippen molar-refractivity contribution in [1.29, 1.82) is 0 Å². The zero-order chi connectivity index (χ0) is 14.1. The fourth-order valence-corrected chi connectivity index (χ4v) is 2.32. The van der Waals surface area contributed by atoms with Crippen molar-refractivity contribution in [2.75, 3.05) is 5.73 Å². The van der Waals surface area contributed by atoms with E-state index in [0.29, 0.717) is 17.3 Å². The largest absolute Gasteiger partial charge is 0.437 e. The molecule has 0 aliphatic carbocycles. The number of fused-ring (bicyclic) bond motifs is 1. The van der Waals surface area contributed by atoms with Crippen molar-refractivity contribution in [1.82, 2.24) is 9.97 Å². The van der Waals surface area contributed by atoms with E-state index in [1.54, 1.807) is 12.4 Å². The number of nitrogens with two attached hydrogens (primary N) is 1. The Morgan fingerprint density at radius 1 is 1.15 bits per heavy atom. The molecule has 0 spiro atoms. The topological polar surface area (TPSA) is 61.0 Å². The third-order valence-corrected chi connectivity index (χ3v) is 4.02. The lowest BCUT2D eigenvalue weighted by Gasteiger charge is -2.11. The van der Waals surface area contributed by atoms with Crippen molar-refractivity contribution < 1.29 is 4.74 Å². The monoisotopic (exact) mass is 329 g/mol. The van der Waals surface area contributed by atoms with Crippen LogP contribution in [0.5, 0.6) is 11.6 Å². The molecule has 5 heteroatoms. The number of hydrogen-bond acceptors (Lipinski definition) is 4. The van der Waals surface area contributed by atoms with Gasteiger partial charge in [0.05, 0.1) is 21.9 Å². The second-order valence-electron chi connectivity index (χ2n) is 4.39. The number of anilines is 1. The molecule has 0 bridgehead atoms. The average Bonchev–Trinajstić information content (AvgIpc) is 2.48. The molecular formula is C15H12BrN3O. The Balaban J connectivity index is 2.08. The minimum Gasteiger partial charge on any atom is -0.437 e. The number of rotatable bonds is 2. The van der Waals surface area contributed by atoms with Crippen molar-refractivity contribution in [3.05, 3.63) is 52.8 Å². The summed E-state index contributed by atoms with van der Waals surface area (Å²) in [6.07, 6.45) is 3.35. The molecule has 4 nitrogen and oxygen atoms in total. The Morgan fingerprint density at radius 3 is 2.85 bits per heavy atom. The standard InChI is InChI=1S/C15H12BrN3O/c1-9-11(17)8-19-15(14(9)16)20-13-6-2-5-12-10(13)4-3-7-18-12/h2-8H,17H2,1H3. The van der Waals surface area contributed by atoms with Gasteiger partial charge in [-0.15, -0.1) is 0 Å². The van der Waals surface area contributed by atoms with Crippen molar-refractivity contribution in [3.63, 3.8) is 0 Å². The third-order valence-electron chi connectivity index (χ3n) is 3.08. The number of pyridine rings is 2. The number of hydrogen-bond donors (Lipinski definition) is 1. The van der Waals surface area contributed by atoms with Crippen LogP contribution in [0.2, 0.25) is 0 Å². The highest BCUT2D eigenvalue weighted by molar-refractivity contribution is 9.10.